The van der Waals surface area contributed by atoms with Crippen molar-refractivity contribution in [2.75, 3.05) is 13.7 Å². The van der Waals surface area contributed by atoms with Crippen molar-refractivity contribution in [3.63, 3.8) is 0 Å². The Balaban J connectivity index is 2.89. The summed E-state index contributed by atoms with van der Waals surface area (Å²) in [6.07, 6.45) is 2.20. The van der Waals surface area contributed by atoms with Crippen LogP contribution >= 0.6 is 11.6 Å². The Labute approximate surface area is 122 Å². The third-order valence-electron chi connectivity index (χ3n) is 3.45. The molecule has 1 unspecified atom stereocenters. The Morgan fingerprint density at radius 1 is 1.37 bits per heavy atom. The van der Waals surface area contributed by atoms with Crippen LogP contribution in [-0.4, -0.2) is 19.7 Å². The van der Waals surface area contributed by atoms with Crippen molar-refractivity contribution in [2.45, 2.75) is 52.0 Å². The van der Waals surface area contributed by atoms with Gasteiger partial charge in [0.15, 0.2) is 0 Å². The molecular weight excluding hydrogens is 258 g/mol. The van der Waals surface area contributed by atoms with Crippen molar-refractivity contribution >= 4 is 11.6 Å². The van der Waals surface area contributed by atoms with Crippen LogP contribution in [-0.2, 0) is 5.41 Å². The van der Waals surface area contributed by atoms with Crippen LogP contribution in [0.15, 0.2) is 18.2 Å². The molecule has 0 aliphatic carbocycles. The van der Waals surface area contributed by atoms with Crippen LogP contribution in [0.25, 0.3) is 0 Å². The molecule has 1 atom stereocenters. The minimum atomic E-state index is 0.0242. The summed E-state index contributed by atoms with van der Waals surface area (Å²) in [4.78, 5) is 0. The maximum Gasteiger partial charge on any atom is 0.122 e. The van der Waals surface area contributed by atoms with E-state index in [9.17, 15) is 0 Å². The zero-order valence-electron chi connectivity index (χ0n) is 12.7. The van der Waals surface area contributed by atoms with E-state index in [1.54, 1.807) is 7.11 Å². The molecule has 0 heterocycles. The molecule has 0 saturated carbocycles. The molecule has 3 heteroatoms. The molecule has 0 bridgehead atoms. The smallest absolute Gasteiger partial charge is 0.122 e. The number of hydrogen-bond donors (Lipinski definition) is 1. The van der Waals surface area contributed by atoms with E-state index >= 15 is 0 Å². The number of ether oxygens (including phenoxy) is 1. The molecule has 0 amide bonds. The van der Waals surface area contributed by atoms with Crippen LogP contribution in [0.3, 0.4) is 0 Å². The third-order valence-corrected chi connectivity index (χ3v) is 3.69. The zero-order chi connectivity index (χ0) is 14.5. The van der Waals surface area contributed by atoms with Crippen LogP contribution in [0.1, 0.15) is 46.1 Å². The second-order valence-electron chi connectivity index (χ2n) is 5.79. The lowest BCUT2D eigenvalue weighted by Crippen LogP contribution is -2.33. The number of rotatable bonds is 7. The van der Waals surface area contributed by atoms with Crippen LogP contribution in [0, 0.1) is 0 Å². The van der Waals surface area contributed by atoms with E-state index in [0.717, 1.165) is 30.2 Å². The minimum absolute atomic E-state index is 0.0242. The highest BCUT2D eigenvalue weighted by molar-refractivity contribution is 6.30. The fourth-order valence-corrected chi connectivity index (χ4v) is 2.72. The predicted octanol–water partition coefficient (Wildman–Crippen LogP) is 4.40. The summed E-state index contributed by atoms with van der Waals surface area (Å²) in [7, 11) is 1.71. The van der Waals surface area contributed by atoms with Gasteiger partial charge < -0.3 is 10.1 Å². The quantitative estimate of drug-likeness (QED) is 0.801. The second-order valence-corrected chi connectivity index (χ2v) is 6.22. The maximum atomic E-state index is 6.13. The first kappa shape index (κ1) is 16.3. The van der Waals surface area contributed by atoms with Gasteiger partial charge in [-0.3, -0.25) is 0 Å². The van der Waals surface area contributed by atoms with Crippen LogP contribution in [0.4, 0.5) is 0 Å². The van der Waals surface area contributed by atoms with Crippen molar-refractivity contribution in [1.82, 2.24) is 5.32 Å². The molecule has 0 radical (unpaired) electrons. The predicted molar refractivity (Wildman–Crippen MR) is 83.4 cm³/mol. The molecule has 1 aromatic rings. The molecule has 0 spiro atoms. The van der Waals surface area contributed by atoms with Crippen molar-refractivity contribution < 1.29 is 4.74 Å². The van der Waals surface area contributed by atoms with E-state index in [1.165, 1.54) is 5.56 Å². The van der Waals surface area contributed by atoms with Crippen LogP contribution < -0.4 is 10.1 Å². The number of methoxy groups -OCH3 is 1. The minimum Gasteiger partial charge on any atom is -0.496 e. The fourth-order valence-electron chi connectivity index (χ4n) is 2.55. The maximum absolute atomic E-state index is 6.13. The summed E-state index contributed by atoms with van der Waals surface area (Å²) < 4.78 is 5.47. The first-order chi connectivity index (χ1) is 8.90. The summed E-state index contributed by atoms with van der Waals surface area (Å²) in [6.45, 7) is 9.96. The molecule has 1 N–H and O–H groups in total. The third kappa shape index (κ3) is 4.70. The lowest BCUT2D eigenvalue weighted by Gasteiger charge is -2.30. The topological polar surface area (TPSA) is 21.3 Å². The molecule has 0 aliphatic rings. The van der Waals surface area contributed by atoms with E-state index in [4.69, 9.17) is 16.3 Å². The largest absolute Gasteiger partial charge is 0.496 e. The lowest BCUT2D eigenvalue weighted by molar-refractivity contribution is 0.359. The number of benzene rings is 1. The molecule has 0 saturated heterocycles. The second kappa shape index (κ2) is 7.16. The van der Waals surface area contributed by atoms with Gasteiger partial charge in [-0.15, -0.1) is 0 Å². The molecule has 108 valence electrons. The Hall–Kier alpha value is -0.730. The molecular formula is C16H26ClNO. The van der Waals surface area contributed by atoms with E-state index in [1.807, 2.05) is 18.2 Å². The molecule has 1 aromatic carbocycles. The normalized spacial score (nSPS) is 13.4. The van der Waals surface area contributed by atoms with Crippen molar-refractivity contribution in [2.24, 2.45) is 0 Å². The van der Waals surface area contributed by atoms with Crippen LogP contribution in [0.5, 0.6) is 5.75 Å². The van der Waals surface area contributed by atoms with Crippen molar-refractivity contribution in [3.8, 4) is 5.75 Å². The Kier molecular flexibility index (Phi) is 6.15. The van der Waals surface area contributed by atoms with Crippen molar-refractivity contribution in [3.05, 3.63) is 28.8 Å². The Bertz CT molecular complexity index is 404. The molecule has 1 rings (SSSR count). The van der Waals surface area contributed by atoms with E-state index < -0.39 is 0 Å². The molecule has 19 heavy (non-hydrogen) atoms. The fraction of sp³-hybridized carbons (Fsp3) is 0.625. The SMILES string of the molecule is CCCNC(C)CC(C)(C)c1cc(Cl)ccc1OC. The summed E-state index contributed by atoms with van der Waals surface area (Å²) in [6, 6.07) is 6.31. The average molecular weight is 284 g/mol. The highest BCUT2D eigenvalue weighted by atomic mass is 35.5. The highest BCUT2D eigenvalue weighted by Crippen LogP contribution is 2.36. The van der Waals surface area contributed by atoms with Gasteiger partial charge in [0.05, 0.1) is 7.11 Å². The molecule has 0 aliphatic heterocycles. The highest BCUT2D eigenvalue weighted by Gasteiger charge is 2.26. The number of hydrogen-bond acceptors (Lipinski definition) is 2. The van der Waals surface area contributed by atoms with Gasteiger partial charge in [0.2, 0.25) is 0 Å². The average Bonchev–Trinajstić information content (AvgIpc) is 2.35. The zero-order valence-corrected chi connectivity index (χ0v) is 13.5. The van der Waals surface area contributed by atoms with Gasteiger partial charge >= 0.3 is 0 Å². The molecule has 2 nitrogen and oxygen atoms in total. The van der Waals surface area contributed by atoms with Gasteiger partial charge in [-0.25, -0.2) is 0 Å². The molecule has 0 fully saturated rings. The van der Waals surface area contributed by atoms with Gasteiger partial charge in [-0.2, -0.15) is 0 Å². The van der Waals surface area contributed by atoms with Gasteiger partial charge in [-0.05, 0) is 49.9 Å². The van der Waals surface area contributed by atoms with E-state index in [-0.39, 0.29) is 5.41 Å². The summed E-state index contributed by atoms with van der Waals surface area (Å²) in [5.74, 6) is 0.914. The van der Waals surface area contributed by atoms with Crippen molar-refractivity contribution in [1.29, 1.82) is 0 Å². The van der Waals surface area contributed by atoms with E-state index in [0.29, 0.717) is 6.04 Å². The van der Waals surface area contributed by atoms with Crippen LogP contribution in [0.2, 0.25) is 5.02 Å². The monoisotopic (exact) mass is 283 g/mol. The number of nitrogens with one attached hydrogen (secondary N) is 1. The summed E-state index contributed by atoms with van der Waals surface area (Å²) in [5.41, 5.74) is 1.20. The van der Waals surface area contributed by atoms with Gasteiger partial charge in [-0.1, -0.05) is 32.4 Å². The van der Waals surface area contributed by atoms with Gasteiger partial charge in [0.1, 0.15) is 5.75 Å². The molecule has 0 aromatic heterocycles. The Morgan fingerprint density at radius 3 is 2.63 bits per heavy atom. The number of halogens is 1. The Morgan fingerprint density at radius 2 is 2.05 bits per heavy atom. The van der Waals surface area contributed by atoms with Gasteiger partial charge in [0.25, 0.3) is 0 Å². The standard InChI is InChI=1S/C16H26ClNO/c1-6-9-18-12(2)11-16(3,4)14-10-13(17)7-8-15(14)19-5/h7-8,10,12,18H,6,9,11H2,1-5H3. The summed E-state index contributed by atoms with van der Waals surface area (Å²) >= 11 is 6.13. The lowest BCUT2D eigenvalue weighted by atomic mass is 9.79. The summed E-state index contributed by atoms with van der Waals surface area (Å²) in [5, 5.41) is 4.30. The first-order valence-electron chi connectivity index (χ1n) is 6.98. The van der Waals surface area contributed by atoms with Gasteiger partial charge in [0, 0.05) is 16.6 Å². The first-order valence-corrected chi connectivity index (χ1v) is 7.36. The van der Waals surface area contributed by atoms with E-state index in [2.05, 4.69) is 33.0 Å².